The van der Waals surface area contributed by atoms with Crippen LogP contribution in [0.4, 0.5) is 10.2 Å². The minimum Gasteiger partial charge on any atom is -0.365 e. The molecule has 90 valence electrons. The molecule has 0 bridgehead atoms. The second-order valence-electron chi connectivity index (χ2n) is 3.97. The van der Waals surface area contributed by atoms with Crippen molar-refractivity contribution in [2.24, 2.45) is 0 Å². The van der Waals surface area contributed by atoms with Crippen LogP contribution in [-0.4, -0.2) is 9.78 Å². The Labute approximate surface area is 100 Å². The Kier molecular flexibility index (Phi) is 3.42. The van der Waals surface area contributed by atoms with E-state index in [1.807, 2.05) is 17.7 Å². The van der Waals surface area contributed by atoms with E-state index < -0.39 is 0 Å². The summed E-state index contributed by atoms with van der Waals surface area (Å²) < 4.78 is 14.7. The summed E-state index contributed by atoms with van der Waals surface area (Å²) in [6.07, 6.45) is 0. The van der Waals surface area contributed by atoms with Crippen LogP contribution in [0.2, 0.25) is 0 Å². The Morgan fingerprint density at radius 1 is 1.29 bits per heavy atom. The molecule has 0 spiro atoms. The quantitative estimate of drug-likeness (QED) is 0.879. The van der Waals surface area contributed by atoms with E-state index in [0.29, 0.717) is 6.54 Å². The normalized spacial score (nSPS) is 10.5. The van der Waals surface area contributed by atoms with Gasteiger partial charge < -0.3 is 5.32 Å². The van der Waals surface area contributed by atoms with Gasteiger partial charge in [-0.3, -0.25) is 4.68 Å². The molecule has 3 nitrogen and oxygen atoms in total. The summed E-state index contributed by atoms with van der Waals surface area (Å²) in [4.78, 5) is 0. The van der Waals surface area contributed by atoms with Gasteiger partial charge in [0.15, 0.2) is 0 Å². The highest BCUT2D eigenvalue weighted by Crippen LogP contribution is 2.10. The van der Waals surface area contributed by atoms with Crippen LogP contribution in [0.5, 0.6) is 0 Å². The SMILES string of the molecule is CCn1nc(NCc2ccc(F)cc2)cc1C. The minimum absolute atomic E-state index is 0.208. The number of benzene rings is 1. The van der Waals surface area contributed by atoms with Gasteiger partial charge in [0, 0.05) is 24.8 Å². The minimum atomic E-state index is -0.208. The van der Waals surface area contributed by atoms with E-state index in [0.717, 1.165) is 23.6 Å². The van der Waals surface area contributed by atoms with Crippen molar-refractivity contribution in [2.75, 3.05) is 5.32 Å². The average molecular weight is 233 g/mol. The highest BCUT2D eigenvalue weighted by Gasteiger charge is 2.02. The van der Waals surface area contributed by atoms with Gasteiger partial charge in [0.05, 0.1) is 0 Å². The fourth-order valence-corrected chi connectivity index (χ4v) is 1.71. The van der Waals surface area contributed by atoms with Crippen LogP contribution in [0, 0.1) is 12.7 Å². The molecule has 1 heterocycles. The molecular weight excluding hydrogens is 217 g/mol. The maximum absolute atomic E-state index is 12.7. The van der Waals surface area contributed by atoms with Crippen molar-refractivity contribution in [1.29, 1.82) is 0 Å². The van der Waals surface area contributed by atoms with Gasteiger partial charge in [0.25, 0.3) is 0 Å². The Hall–Kier alpha value is -1.84. The molecule has 0 radical (unpaired) electrons. The van der Waals surface area contributed by atoms with E-state index in [2.05, 4.69) is 17.3 Å². The number of halogens is 1. The second kappa shape index (κ2) is 4.99. The van der Waals surface area contributed by atoms with Crippen molar-refractivity contribution in [3.8, 4) is 0 Å². The summed E-state index contributed by atoms with van der Waals surface area (Å²) in [5, 5.41) is 7.61. The van der Waals surface area contributed by atoms with Crippen LogP contribution in [0.3, 0.4) is 0 Å². The molecule has 4 heteroatoms. The Bertz CT molecular complexity index is 488. The number of nitrogens with one attached hydrogen (secondary N) is 1. The Morgan fingerprint density at radius 2 is 2.00 bits per heavy atom. The number of anilines is 1. The lowest BCUT2D eigenvalue weighted by Gasteiger charge is -2.02. The smallest absolute Gasteiger partial charge is 0.148 e. The van der Waals surface area contributed by atoms with Crippen LogP contribution in [0.1, 0.15) is 18.2 Å². The van der Waals surface area contributed by atoms with E-state index in [4.69, 9.17) is 0 Å². The summed E-state index contributed by atoms with van der Waals surface area (Å²) in [5.74, 6) is 0.647. The number of aryl methyl sites for hydroxylation is 2. The number of nitrogens with zero attached hydrogens (tertiary/aromatic N) is 2. The maximum Gasteiger partial charge on any atom is 0.148 e. The molecule has 0 amide bonds. The fraction of sp³-hybridized carbons (Fsp3) is 0.308. The molecule has 0 saturated carbocycles. The first-order valence-corrected chi connectivity index (χ1v) is 5.72. The van der Waals surface area contributed by atoms with Gasteiger partial charge in [-0.25, -0.2) is 4.39 Å². The highest BCUT2D eigenvalue weighted by molar-refractivity contribution is 5.36. The fourth-order valence-electron chi connectivity index (χ4n) is 1.71. The van der Waals surface area contributed by atoms with Crippen LogP contribution < -0.4 is 5.32 Å². The van der Waals surface area contributed by atoms with Crippen LogP contribution in [0.25, 0.3) is 0 Å². The topological polar surface area (TPSA) is 29.9 Å². The van der Waals surface area contributed by atoms with Crippen molar-refractivity contribution >= 4 is 5.82 Å². The van der Waals surface area contributed by atoms with E-state index in [1.165, 1.54) is 12.1 Å². The zero-order valence-electron chi connectivity index (χ0n) is 10.1. The molecule has 1 aromatic carbocycles. The molecule has 0 unspecified atom stereocenters. The summed E-state index contributed by atoms with van der Waals surface area (Å²) in [5.41, 5.74) is 2.17. The first-order chi connectivity index (χ1) is 8.19. The van der Waals surface area contributed by atoms with Crippen molar-refractivity contribution in [1.82, 2.24) is 9.78 Å². The van der Waals surface area contributed by atoms with E-state index in [9.17, 15) is 4.39 Å². The number of hydrogen-bond donors (Lipinski definition) is 1. The molecule has 1 N–H and O–H groups in total. The lowest BCUT2D eigenvalue weighted by Crippen LogP contribution is -2.02. The van der Waals surface area contributed by atoms with Gasteiger partial charge in [-0.15, -0.1) is 0 Å². The molecule has 0 aliphatic carbocycles. The van der Waals surface area contributed by atoms with Gasteiger partial charge >= 0.3 is 0 Å². The zero-order valence-corrected chi connectivity index (χ0v) is 10.1. The van der Waals surface area contributed by atoms with E-state index >= 15 is 0 Å². The molecular formula is C13H16FN3. The predicted octanol–water partition coefficient (Wildman–Crippen LogP) is 2.96. The second-order valence-corrected chi connectivity index (χ2v) is 3.97. The van der Waals surface area contributed by atoms with Crippen molar-refractivity contribution in [2.45, 2.75) is 26.9 Å². The molecule has 2 rings (SSSR count). The van der Waals surface area contributed by atoms with Gasteiger partial charge in [0.1, 0.15) is 11.6 Å². The van der Waals surface area contributed by atoms with Gasteiger partial charge in [-0.2, -0.15) is 5.10 Å². The largest absolute Gasteiger partial charge is 0.365 e. The molecule has 0 fully saturated rings. The first kappa shape index (κ1) is 11.6. The van der Waals surface area contributed by atoms with Crippen LogP contribution in [-0.2, 0) is 13.1 Å². The Balaban J connectivity index is 1.99. The molecule has 0 aliphatic heterocycles. The Morgan fingerprint density at radius 3 is 2.59 bits per heavy atom. The van der Waals surface area contributed by atoms with Crippen LogP contribution in [0.15, 0.2) is 30.3 Å². The molecule has 0 saturated heterocycles. The third kappa shape index (κ3) is 2.84. The average Bonchev–Trinajstić information content (AvgIpc) is 2.69. The molecule has 17 heavy (non-hydrogen) atoms. The first-order valence-electron chi connectivity index (χ1n) is 5.72. The predicted molar refractivity (Wildman–Crippen MR) is 66.4 cm³/mol. The summed E-state index contributed by atoms with van der Waals surface area (Å²) in [6.45, 7) is 5.60. The number of hydrogen-bond acceptors (Lipinski definition) is 2. The molecule has 2 aromatic rings. The monoisotopic (exact) mass is 233 g/mol. The van der Waals surface area contributed by atoms with Gasteiger partial charge in [-0.1, -0.05) is 12.1 Å². The third-order valence-electron chi connectivity index (χ3n) is 2.67. The lowest BCUT2D eigenvalue weighted by atomic mass is 10.2. The van der Waals surface area contributed by atoms with Crippen molar-refractivity contribution in [3.63, 3.8) is 0 Å². The maximum atomic E-state index is 12.7. The number of aromatic nitrogens is 2. The van der Waals surface area contributed by atoms with E-state index in [-0.39, 0.29) is 5.82 Å². The standard InChI is InChI=1S/C13H16FN3/c1-3-17-10(2)8-13(16-17)15-9-11-4-6-12(14)7-5-11/h4-8H,3,9H2,1-2H3,(H,15,16). The van der Waals surface area contributed by atoms with Gasteiger partial charge in [0.2, 0.25) is 0 Å². The molecule has 0 aliphatic rings. The number of rotatable bonds is 4. The third-order valence-corrected chi connectivity index (χ3v) is 2.67. The molecule has 1 aromatic heterocycles. The van der Waals surface area contributed by atoms with Crippen LogP contribution >= 0.6 is 0 Å². The highest BCUT2D eigenvalue weighted by atomic mass is 19.1. The zero-order chi connectivity index (χ0) is 12.3. The summed E-state index contributed by atoms with van der Waals surface area (Å²) in [7, 11) is 0. The lowest BCUT2D eigenvalue weighted by molar-refractivity contribution is 0.627. The summed E-state index contributed by atoms with van der Waals surface area (Å²) >= 11 is 0. The van der Waals surface area contributed by atoms with Gasteiger partial charge in [-0.05, 0) is 31.5 Å². The van der Waals surface area contributed by atoms with Crippen molar-refractivity contribution < 1.29 is 4.39 Å². The molecule has 0 atom stereocenters. The summed E-state index contributed by atoms with van der Waals surface area (Å²) in [6, 6.07) is 8.48. The van der Waals surface area contributed by atoms with Crippen molar-refractivity contribution in [3.05, 3.63) is 47.4 Å². The van der Waals surface area contributed by atoms with E-state index in [1.54, 1.807) is 12.1 Å².